The van der Waals surface area contributed by atoms with Gasteiger partial charge in [-0.05, 0) is 30.2 Å². The van der Waals surface area contributed by atoms with Gasteiger partial charge >= 0.3 is 0 Å². The molecular formula is C16H13BrN2. The van der Waals surface area contributed by atoms with Gasteiger partial charge in [0.2, 0.25) is 0 Å². The Hall–Kier alpha value is -1.74. The number of hydrogen-bond donors (Lipinski definition) is 0. The van der Waals surface area contributed by atoms with E-state index >= 15 is 0 Å². The quantitative estimate of drug-likeness (QED) is 0.690. The second kappa shape index (κ2) is 5.10. The van der Waals surface area contributed by atoms with Crippen LogP contribution < -0.4 is 0 Å². The molecule has 2 nitrogen and oxygen atoms in total. The van der Waals surface area contributed by atoms with Gasteiger partial charge in [-0.25, -0.2) is 9.97 Å². The fourth-order valence-electron chi connectivity index (χ4n) is 2.03. The van der Waals surface area contributed by atoms with Gasteiger partial charge in [-0.1, -0.05) is 47.1 Å². The number of aryl methyl sites for hydroxylation is 1. The van der Waals surface area contributed by atoms with Crippen LogP contribution in [0, 0.1) is 0 Å². The van der Waals surface area contributed by atoms with Gasteiger partial charge in [-0.2, -0.15) is 0 Å². The largest absolute Gasteiger partial charge is 0.236 e. The van der Waals surface area contributed by atoms with Gasteiger partial charge in [0.25, 0.3) is 0 Å². The van der Waals surface area contributed by atoms with Crippen LogP contribution in [0.3, 0.4) is 0 Å². The topological polar surface area (TPSA) is 25.8 Å². The summed E-state index contributed by atoms with van der Waals surface area (Å²) in [4.78, 5) is 9.05. The summed E-state index contributed by atoms with van der Waals surface area (Å²) in [7, 11) is 0. The van der Waals surface area contributed by atoms with E-state index in [1.165, 1.54) is 5.56 Å². The molecular weight excluding hydrogens is 300 g/mol. The molecule has 3 aromatic rings. The van der Waals surface area contributed by atoms with E-state index in [0.717, 1.165) is 33.2 Å². The summed E-state index contributed by atoms with van der Waals surface area (Å²) in [5, 5.41) is 1.04. The van der Waals surface area contributed by atoms with Crippen LogP contribution in [-0.2, 0) is 6.42 Å². The van der Waals surface area contributed by atoms with Crippen LogP contribution in [0.5, 0.6) is 0 Å². The van der Waals surface area contributed by atoms with E-state index in [1.807, 2.05) is 24.4 Å². The Morgan fingerprint density at radius 3 is 2.58 bits per heavy atom. The highest BCUT2D eigenvalue weighted by Gasteiger charge is 2.03. The van der Waals surface area contributed by atoms with Crippen molar-refractivity contribution in [1.29, 1.82) is 0 Å². The first-order valence-corrected chi connectivity index (χ1v) is 7.07. The molecule has 0 unspecified atom stereocenters. The minimum atomic E-state index is 0.775. The van der Waals surface area contributed by atoms with E-state index in [-0.39, 0.29) is 0 Å². The van der Waals surface area contributed by atoms with Gasteiger partial charge in [0.1, 0.15) is 0 Å². The summed E-state index contributed by atoms with van der Waals surface area (Å²) >= 11 is 3.46. The molecule has 3 heteroatoms. The van der Waals surface area contributed by atoms with Crippen LogP contribution in [-0.4, -0.2) is 9.97 Å². The zero-order valence-corrected chi connectivity index (χ0v) is 12.2. The number of nitrogens with zero attached hydrogens (tertiary/aromatic N) is 2. The molecule has 94 valence electrons. The Morgan fingerprint density at radius 1 is 1.05 bits per heavy atom. The van der Waals surface area contributed by atoms with Gasteiger partial charge in [0, 0.05) is 21.6 Å². The number of benzene rings is 2. The maximum absolute atomic E-state index is 4.61. The summed E-state index contributed by atoms with van der Waals surface area (Å²) in [6, 6.07) is 14.5. The average molecular weight is 313 g/mol. The first-order valence-electron chi connectivity index (χ1n) is 6.28. The van der Waals surface area contributed by atoms with E-state index in [2.05, 4.69) is 57.1 Å². The number of halogens is 1. The smallest absolute Gasteiger partial charge is 0.159 e. The van der Waals surface area contributed by atoms with Gasteiger partial charge in [0.15, 0.2) is 5.82 Å². The fraction of sp³-hybridized carbons (Fsp3) is 0.125. The molecule has 0 saturated heterocycles. The van der Waals surface area contributed by atoms with Crippen molar-refractivity contribution in [3.63, 3.8) is 0 Å². The Balaban J connectivity index is 2.06. The molecule has 3 rings (SSSR count). The van der Waals surface area contributed by atoms with Crippen LogP contribution in [0.25, 0.3) is 22.3 Å². The Morgan fingerprint density at radius 2 is 1.84 bits per heavy atom. The van der Waals surface area contributed by atoms with Gasteiger partial charge in [-0.15, -0.1) is 0 Å². The maximum Gasteiger partial charge on any atom is 0.159 e. The van der Waals surface area contributed by atoms with Crippen molar-refractivity contribution in [2.45, 2.75) is 13.3 Å². The SMILES string of the molecule is CCc1ccc(-c2ncc3cc(Br)ccc3n2)cc1. The Labute approximate surface area is 120 Å². The predicted molar refractivity (Wildman–Crippen MR) is 82.1 cm³/mol. The van der Waals surface area contributed by atoms with Crippen molar-refractivity contribution in [2.75, 3.05) is 0 Å². The third-order valence-corrected chi connectivity index (χ3v) is 3.66. The van der Waals surface area contributed by atoms with Crippen molar-refractivity contribution in [3.8, 4) is 11.4 Å². The molecule has 0 amide bonds. The molecule has 1 aromatic heterocycles. The lowest BCUT2D eigenvalue weighted by atomic mass is 10.1. The molecule has 0 N–H and O–H groups in total. The molecule has 0 aliphatic heterocycles. The summed E-state index contributed by atoms with van der Waals surface area (Å²) < 4.78 is 1.05. The summed E-state index contributed by atoms with van der Waals surface area (Å²) in [6.07, 6.45) is 2.92. The molecule has 0 aliphatic rings. The van der Waals surface area contributed by atoms with Gasteiger partial charge < -0.3 is 0 Å². The zero-order chi connectivity index (χ0) is 13.2. The highest BCUT2D eigenvalue weighted by atomic mass is 79.9. The van der Waals surface area contributed by atoms with Crippen LogP contribution in [0.2, 0.25) is 0 Å². The lowest BCUT2D eigenvalue weighted by Gasteiger charge is -2.04. The second-order valence-electron chi connectivity index (χ2n) is 4.45. The van der Waals surface area contributed by atoms with E-state index in [0.29, 0.717) is 0 Å². The lowest BCUT2D eigenvalue weighted by molar-refractivity contribution is 1.14. The van der Waals surface area contributed by atoms with Crippen molar-refractivity contribution < 1.29 is 0 Å². The molecule has 0 spiro atoms. The monoisotopic (exact) mass is 312 g/mol. The number of rotatable bonds is 2. The van der Waals surface area contributed by atoms with Gasteiger partial charge in [-0.3, -0.25) is 0 Å². The van der Waals surface area contributed by atoms with Crippen LogP contribution in [0.1, 0.15) is 12.5 Å². The Bertz CT molecular complexity index is 720. The average Bonchev–Trinajstić information content (AvgIpc) is 2.47. The van der Waals surface area contributed by atoms with Crippen LogP contribution >= 0.6 is 15.9 Å². The zero-order valence-electron chi connectivity index (χ0n) is 10.6. The predicted octanol–water partition coefficient (Wildman–Crippen LogP) is 4.62. The maximum atomic E-state index is 4.61. The second-order valence-corrected chi connectivity index (χ2v) is 5.36. The third kappa shape index (κ3) is 2.51. The molecule has 2 aromatic carbocycles. The Kier molecular flexibility index (Phi) is 3.30. The molecule has 0 atom stereocenters. The number of fused-ring (bicyclic) bond motifs is 1. The van der Waals surface area contributed by atoms with Crippen molar-refractivity contribution >= 4 is 26.8 Å². The summed E-state index contributed by atoms with van der Waals surface area (Å²) in [5.41, 5.74) is 3.35. The highest BCUT2D eigenvalue weighted by Crippen LogP contribution is 2.21. The van der Waals surface area contributed by atoms with Crippen molar-refractivity contribution in [3.05, 3.63) is 58.7 Å². The third-order valence-electron chi connectivity index (χ3n) is 3.16. The number of aromatic nitrogens is 2. The highest BCUT2D eigenvalue weighted by molar-refractivity contribution is 9.10. The standard InChI is InChI=1S/C16H13BrN2/c1-2-11-3-5-12(6-4-11)16-18-10-13-9-14(17)7-8-15(13)19-16/h3-10H,2H2,1H3. The molecule has 0 saturated carbocycles. The minimum absolute atomic E-state index is 0.775. The fourth-order valence-corrected chi connectivity index (χ4v) is 2.41. The van der Waals surface area contributed by atoms with E-state index < -0.39 is 0 Å². The molecule has 0 radical (unpaired) electrons. The minimum Gasteiger partial charge on any atom is -0.236 e. The van der Waals surface area contributed by atoms with E-state index in [4.69, 9.17) is 0 Å². The first kappa shape index (κ1) is 12.3. The normalized spacial score (nSPS) is 10.8. The van der Waals surface area contributed by atoms with E-state index in [9.17, 15) is 0 Å². The van der Waals surface area contributed by atoms with Gasteiger partial charge in [0.05, 0.1) is 5.52 Å². The summed E-state index contributed by atoms with van der Waals surface area (Å²) in [6.45, 7) is 2.15. The summed E-state index contributed by atoms with van der Waals surface area (Å²) in [5.74, 6) is 0.775. The first-order chi connectivity index (χ1) is 9.26. The molecule has 0 fully saturated rings. The molecule has 1 heterocycles. The molecule has 0 bridgehead atoms. The van der Waals surface area contributed by atoms with Crippen LogP contribution in [0.4, 0.5) is 0 Å². The van der Waals surface area contributed by atoms with Crippen molar-refractivity contribution in [2.24, 2.45) is 0 Å². The lowest BCUT2D eigenvalue weighted by Crippen LogP contribution is -1.90. The molecule has 0 aliphatic carbocycles. The number of hydrogen-bond acceptors (Lipinski definition) is 2. The van der Waals surface area contributed by atoms with E-state index in [1.54, 1.807) is 0 Å². The van der Waals surface area contributed by atoms with Crippen molar-refractivity contribution in [1.82, 2.24) is 9.97 Å². The molecule has 19 heavy (non-hydrogen) atoms. The van der Waals surface area contributed by atoms with Crippen LogP contribution in [0.15, 0.2) is 53.1 Å².